The van der Waals surface area contributed by atoms with Crippen LogP contribution in [0.25, 0.3) is 21.2 Å². The van der Waals surface area contributed by atoms with Crippen LogP contribution < -0.4 is 0 Å². The largest absolute Gasteiger partial charge is 0.297 e. The first kappa shape index (κ1) is 15.8. The Balaban J connectivity index is 1.44. The van der Waals surface area contributed by atoms with Gasteiger partial charge < -0.3 is 0 Å². The Bertz CT molecular complexity index is 1010. The third-order valence-electron chi connectivity index (χ3n) is 5.30. The molecule has 5 nitrogen and oxygen atoms in total. The van der Waals surface area contributed by atoms with Crippen molar-refractivity contribution in [2.45, 2.75) is 25.3 Å². The minimum atomic E-state index is -0.201. The number of aliphatic imine (C=N–C) groups is 1. The number of piperidine rings is 1. The smallest absolute Gasteiger partial charge is 0.290 e. The molecule has 2 aromatic heterocycles. The van der Waals surface area contributed by atoms with Gasteiger partial charge in [0.1, 0.15) is 0 Å². The van der Waals surface area contributed by atoms with Crippen molar-refractivity contribution in [1.29, 1.82) is 0 Å². The minimum Gasteiger partial charge on any atom is -0.290 e. The first-order valence-corrected chi connectivity index (χ1v) is 9.72. The van der Waals surface area contributed by atoms with E-state index in [2.05, 4.69) is 25.3 Å². The Hall–Kier alpha value is -2.44. The quantitative estimate of drug-likeness (QED) is 0.696. The molecule has 4 heterocycles. The lowest BCUT2D eigenvalue weighted by molar-refractivity contribution is 0.0992. The molecular formula is C20H18N4OS. The first-order chi connectivity index (χ1) is 12.8. The molecule has 6 heteroatoms. The van der Waals surface area contributed by atoms with E-state index in [9.17, 15) is 4.79 Å². The van der Waals surface area contributed by atoms with Gasteiger partial charge in [-0.25, -0.2) is 4.99 Å². The van der Waals surface area contributed by atoms with E-state index in [0.29, 0.717) is 11.7 Å². The fraction of sp³-hybridized carbons (Fsp3) is 0.300. The molecule has 2 saturated heterocycles. The van der Waals surface area contributed by atoms with Crippen LogP contribution in [0.5, 0.6) is 0 Å². The second kappa shape index (κ2) is 6.37. The lowest BCUT2D eigenvalue weighted by atomic mass is 9.90. The number of benzene rings is 1. The number of amides is 1. The number of hydrogen-bond acceptors (Lipinski definition) is 5. The van der Waals surface area contributed by atoms with Gasteiger partial charge in [-0.3, -0.25) is 14.7 Å². The van der Waals surface area contributed by atoms with E-state index < -0.39 is 0 Å². The summed E-state index contributed by atoms with van der Waals surface area (Å²) in [6.07, 6.45) is 7.17. The zero-order valence-corrected chi connectivity index (χ0v) is 15.1. The maximum Gasteiger partial charge on any atom is 0.297 e. The zero-order chi connectivity index (χ0) is 17.5. The lowest BCUT2D eigenvalue weighted by Gasteiger charge is -2.45. The van der Waals surface area contributed by atoms with E-state index in [4.69, 9.17) is 0 Å². The molecule has 0 spiro atoms. The van der Waals surface area contributed by atoms with Gasteiger partial charge in [0, 0.05) is 30.4 Å². The van der Waals surface area contributed by atoms with Gasteiger partial charge in [-0.2, -0.15) is 4.37 Å². The number of fused-ring (bicyclic) bond motifs is 2. The van der Waals surface area contributed by atoms with Crippen LogP contribution in [-0.2, 0) is 0 Å². The predicted octanol–water partition coefficient (Wildman–Crippen LogP) is 3.81. The second-order valence-electron chi connectivity index (χ2n) is 6.87. The van der Waals surface area contributed by atoms with E-state index in [1.165, 1.54) is 24.4 Å². The van der Waals surface area contributed by atoms with E-state index in [1.807, 2.05) is 24.3 Å². The fourth-order valence-electron chi connectivity index (χ4n) is 3.87. The Morgan fingerprint density at radius 1 is 1.15 bits per heavy atom. The highest BCUT2D eigenvalue weighted by atomic mass is 32.1. The van der Waals surface area contributed by atoms with Gasteiger partial charge in [0.05, 0.1) is 10.4 Å². The Kier molecular flexibility index (Phi) is 3.87. The van der Waals surface area contributed by atoms with Gasteiger partial charge in [-0.1, -0.05) is 18.6 Å². The Morgan fingerprint density at radius 2 is 2.04 bits per heavy atom. The molecule has 5 rings (SSSR count). The summed E-state index contributed by atoms with van der Waals surface area (Å²) in [5.41, 5.74) is 3.72. The summed E-state index contributed by atoms with van der Waals surface area (Å²) < 4.78 is 5.41. The van der Waals surface area contributed by atoms with Crippen molar-refractivity contribution in [3.05, 3.63) is 48.4 Å². The summed E-state index contributed by atoms with van der Waals surface area (Å²) in [6, 6.07) is 10.4. The standard InChI is InChI=1S/C20H18N4OS/c25-20(22-16-12-24-10-2-1-3-17(16)24)19-15-5-4-14(11-18(15)26-23-19)13-6-8-21-9-7-13/h4-9,11,17H,1-3,10,12H2. The highest BCUT2D eigenvalue weighted by Crippen LogP contribution is 2.30. The summed E-state index contributed by atoms with van der Waals surface area (Å²) in [5, 5.41) is 0.891. The molecule has 0 N–H and O–H groups in total. The van der Waals surface area contributed by atoms with E-state index in [-0.39, 0.29) is 5.91 Å². The SMILES string of the molecule is O=C(N=C1CN2CCCCC12)c1nsc2cc(-c3ccncc3)ccc12. The van der Waals surface area contributed by atoms with Crippen LogP contribution in [0.15, 0.2) is 47.7 Å². The Morgan fingerprint density at radius 3 is 2.88 bits per heavy atom. The average molecular weight is 362 g/mol. The van der Waals surface area contributed by atoms with Crippen molar-refractivity contribution in [3.63, 3.8) is 0 Å². The molecule has 3 aromatic rings. The third kappa shape index (κ3) is 2.66. The molecule has 1 aromatic carbocycles. The van der Waals surface area contributed by atoms with Crippen LogP contribution in [0, 0.1) is 0 Å². The van der Waals surface area contributed by atoms with Crippen molar-refractivity contribution in [1.82, 2.24) is 14.3 Å². The monoisotopic (exact) mass is 362 g/mol. The number of carbonyl (C=O) groups excluding carboxylic acids is 1. The van der Waals surface area contributed by atoms with Crippen molar-refractivity contribution in [2.75, 3.05) is 13.1 Å². The minimum absolute atomic E-state index is 0.201. The first-order valence-electron chi connectivity index (χ1n) is 8.95. The van der Waals surface area contributed by atoms with Crippen LogP contribution in [-0.4, -0.2) is 45.0 Å². The van der Waals surface area contributed by atoms with Crippen molar-refractivity contribution >= 4 is 33.2 Å². The summed E-state index contributed by atoms with van der Waals surface area (Å²) in [5.74, 6) is -0.201. The molecule has 0 bridgehead atoms. The van der Waals surface area contributed by atoms with Crippen LogP contribution in [0.1, 0.15) is 29.8 Å². The number of hydrogen-bond donors (Lipinski definition) is 0. The maximum absolute atomic E-state index is 12.7. The van der Waals surface area contributed by atoms with Crippen molar-refractivity contribution in [3.8, 4) is 11.1 Å². The van der Waals surface area contributed by atoms with E-state index in [0.717, 1.165) is 46.4 Å². The molecular weight excluding hydrogens is 344 g/mol. The summed E-state index contributed by atoms with van der Waals surface area (Å²) in [4.78, 5) is 23.6. The molecule has 0 radical (unpaired) electrons. The molecule has 2 aliphatic heterocycles. The average Bonchev–Trinajstić information content (AvgIpc) is 3.10. The van der Waals surface area contributed by atoms with Crippen LogP contribution in [0.4, 0.5) is 0 Å². The molecule has 0 aliphatic carbocycles. The van der Waals surface area contributed by atoms with Gasteiger partial charge in [-0.05, 0) is 60.2 Å². The van der Waals surface area contributed by atoms with Gasteiger partial charge in [0.15, 0.2) is 5.69 Å². The molecule has 130 valence electrons. The molecule has 26 heavy (non-hydrogen) atoms. The third-order valence-corrected chi connectivity index (χ3v) is 6.11. The molecule has 1 atom stereocenters. The number of rotatable bonds is 2. The number of nitrogens with zero attached hydrogens (tertiary/aromatic N) is 4. The fourth-order valence-corrected chi connectivity index (χ4v) is 4.68. The molecule has 2 fully saturated rings. The summed E-state index contributed by atoms with van der Waals surface area (Å²) in [7, 11) is 0. The van der Waals surface area contributed by atoms with Crippen LogP contribution in [0.3, 0.4) is 0 Å². The molecule has 1 unspecified atom stereocenters. The zero-order valence-electron chi connectivity index (χ0n) is 14.3. The molecule has 1 amide bonds. The lowest BCUT2D eigenvalue weighted by Crippen LogP contribution is -2.59. The topological polar surface area (TPSA) is 58.5 Å². The highest BCUT2D eigenvalue weighted by molar-refractivity contribution is 7.13. The van der Waals surface area contributed by atoms with Crippen LogP contribution in [0.2, 0.25) is 0 Å². The van der Waals surface area contributed by atoms with Gasteiger partial charge in [0.2, 0.25) is 0 Å². The van der Waals surface area contributed by atoms with Gasteiger partial charge in [-0.15, -0.1) is 0 Å². The summed E-state index contributed by atoms with van der Waals surface area (Å²) >= 11 is 1.36. The highest BCUT2D eigenvalue weighted by Gasteiger charge is 2.37. The van der Waals surface area contributed by atoms with Crippen molar-refractivity contribution in [2.24, 2.45) is 4.99 Å². The van der Waals surface area contributed by atoms with E-state index >= 15 is 0 Å². The molecule has 0 saturated carbocycles. The number of pyridine rings is 1. The van der Waals surface area contributed by atoms with Crippen LogP contribution >= 0.6 is 11.5 Å². The van der Waals surface area contributed by atoms with Gasteiger partial charge >= 0.3 is 0 Å². The Labute approximate surface area is 155 Å². The van der Waals surface area contributed by atoms with E-state index in [1.54, 1.807) is 12.4 Å². The molecule has 2 aliphatic rings. The second-order valence-corrected chi connectivity index (χ2v) is 7.67. The summed E-state index contributed by atoms with van der Waals surface area (Å²) in [6.45, 7) is 1.97. The number of aromatic nitrogens is 2. The van der Waals surface area contributed by atoms with Crippen molar-refractivity contribution < 1.29 is 4.79 Å². The maximum atomic E-state index is 12.7. The predicted molar refractivity (Wildman–Crippen MR) is 104 cm³/mol. The number of carbonyl (C=O) groups is 1. The normalized spacial score (nSPS) is 21.5. The van der Waals surface area contributed by atoms with Gasteiger partial charge in [0.25, 0.3) is 5.91 Å².